The van der Waals surface area contributed by atoms with Gasteiger partial charge in [-0.15, -0.1) is 30.3 Å². The Kier molecular flexibility index (Phi) is 3.65. The molecule has 94 valence electrons. The van der Waals surface area contributed by atoms with Crippen LogP contribution in [0, 0.1) is 0 Å². The van der Waals surface area contributed by atoms with Gasteiger partial charge >= 0.3 is 23.3 Å². The summed E-state index contributed by atoms with van der Waals surface area (Å²) in [5.41, 5.74) is 1.56. The van der Waals surface area contributed by atoms with Crippen LogP contribution in [-0.4, -0.2) is 5.91 Å². The van der Waals surface area contributed by atoms with E-state index >= 15 is 0 Å². The molecule has 0 radical (unpaired) electrons. The van der Waals surface area contributed by atoms with E-state index in [1.54, 1.807) is 5.43 Å². The molecular formula is C2H5F5N5OP3. The van der Waals surface area contributed by atoms with E-state index in [4.69, 9.17) is 0 Å². The Morgan fingerprint density at radius 3 is 1.94 bits per heavy atom. The molecule has 2 N–H and O–H groups in total. The van der Waals surface area contributed by atoms with Gasteiger partial charge < -0.3 is 0 Å². The molecule has 0 aromatic rings. The topological polar surface area (TPSA) is 78.2 Å². The first-order valence-electron chi connectivity index (χ1n) is 3.47. The first-order valence-corrected chi connectivity index (χ1v) is 8.01. The van der Waals surface area contributed by atoms with E-state index in [1.807, 2.05) is 4.52 Å². The highest BCUT2D eigenvalue weighted by atomic mass is 31.3. The molecule has 14 heteroatoms. The second-order valence-corrected chi connectivity index (χ2v) is 7.74. The van der Waals surface area contributed by atoms with Crippen LogP contribution in [0.25, 0.3) is 0 Å². The fourth-order valence-electron chi connectivity index (χ4n) is 0.663. The number of halogens is 5. The van der Waals surface area contributed by atoms with Crippen LogP contribution in [-0.2, 0) is 4.79 Å². The molecule has 1 atom stereocenters. The summed E-state index contributed by atoms with van der Waals surface area (Å²) < 4.78 is 70.2. The summed E-state index contributed by atoms with van der Waals surface area (Å²) >= 11 is 0. The van der Waals surface area contributed by atoms with Crippen molar-refractivity contribution in [2.75, 3.05) is 0 Å². The van der Waals surface area contributed by atoms with Gasteiger partial charge in [-0.3, -0.25) is 10.2 Å². The zero-order valence-corrected chi connectivity index (χ0v) is 10.2. The Labute approximate surface area is 87.0 Å². The zero-order chi connectivity index (χ0) is 12.6. The van der Waals surface area contributed by atoms with Gasteiger partial charge in [-0.25, -0.2) is 0 Å². The van der Waals surface area contributed by atoms with E-state index in [-0.39, 0.29) is 0 Å². The van der Waals surface area contributed by atoms with Crippen molar-refractivity contribution in [2.24, 2.45) is 13.5 Å². The van der Waals surface area contributed by atoms with Crippen LogP contribution < -0.4 is 10.6 Å². The number of hydrogen-bond acceptors (Lipinski definition) is 5. The molecule has 0 saturated heterocycles. The molecule has 0 saturated carbocycles. The molecule has 1 amide bonds. The Bertz CT molecular complexity index is 467. The van der Waals surface area contributed by atoms with Gasteiger partial charge in [0.25, 0.3) is 0 Å². The number of nitrogens with one attached hydrogen (secondary N) is 2. The molecule has 16 heavy (non-hydrogen) atoms. The van der Waals surface area contributed by atoms with Crippen molar-refractivity contribution in [2.45, 2.75) is 6.92 Å². The summed E-state index contributed by atoms with van der Waals surface area (Å²) in [6.45, 7) is 0.925. The highest BCUT2D eigenvalue weighted by molar-refractivity contribution is 7.78. The monoisotopic (exact) mass is 303 g/mol. The minimum Gasteiger partial charge on any atom is -0.284 e. The molecule has 1 unspecified atom stereocenters. The Balaban J connectivity index is 3.16. The molecule has 0 aromatic heterocycles. The molecule has 1 rings (SSSR count). The molecule has 1 aliphatic rings. The van der Waals surface area contributed by atoms with Crippen LogP contribution in [0.15, 0.2) is 13.5 Å². The van der Waals surface area contributed by atoms with Crippen LogP contribution in [0.5, 0.6) is 0 Å². The quantitative estimate of drug-likeness (QED) is 0.452. The largest absolute Gasteiger partial charge is 0.424 e. The summed E-state index contributed by atoms with van der Waals surface area (Å²) in [6, 6.07) is 0. The van der Waals surface area contributed by atoms with E-state index in [2.05, 4.69) is 9.03 Å². The highest BCUT2D eigenvalue weighted by Crippen LogP contribution is 2.80. The van der Waals surface area contributed by atoms with Crippen molar-refractivity contribution in [1.29, 1.82) is 0 Å². The third-order valence-corrected chi connectivity index (χ3v) is 6.78. The van der Waals surface area contributed by atoms with Crippen molar-refractivity contribution < 1.29 is 25.8 Å². The van der Waals surface area contributed by atoms with Crippen LogP contribution >= 0.6 is 23.3 Å². The van der Waals surface area contributed by atoms with Crippen molar-refractivity contribution in [3.63, 3.8) is 0 Å². The second kappa shape index (κ2) is 4.22. The summed E-state index contributed by atoms with van der Waals surface area (Å²) in [7, 11) is -16.4. The average Bonchev–Trinajstić information content (AvgIpc) is 1.93. The minimum atomic E-state index is -5.72. The van der Waals surface area contributed by atoms with Gasteiger partial charge in [0.15, 0.2) is 0 Å². The molecule has 0 aliphatic carbocycles. The third kappa shape index (κ3) is 3.97. The van der Waals surface area contributed by atoms with Crippen LogP contribution in [0.2, 0.25) is 0 Å². The Hall–Kier alpha value is -0.230. The predicted octanol–water partition coefficient (Wildman–Crippen LogP) is 4.33. The smallest absolute Gasteiger partial charge is 0.284 e. The Morgan fingerprint density at radius 1 is 1.00 bits per heavy atom. The summed E-state index contributed by atoms with van der Waals surface area (Å²) in [5.74, 6) is -0.853. The Morgan fingerprint density at radius 2 is 1.50 bits per heavy atom. The molecule has 0 aromatic carbocycles. The highest BCUT2D eigenvalue weighted by Gasteiger charge is 2.39. The van der Waals surface area contributed by atoms with E-state index in [9.17, 15) is 25.8 Å². The molecule has 1 heterocycles. The van der Waals surface area contributed by atoms with Crippen molar-refractivity contribution in [1.82, 2.24) is 10.6 Å². The maximum Gasteiger partial charge on any atom is 0.424 e. The molecule has 0 bridgehead atoms. The van der Waals surface area contributed by atoms with Crippen molar-refractivity contribution in [3.05, 3.63) is 0 Å². The molecule has 0 spiro atoms. The molecule has 1 aliphatic heterocycles. The van der Waals surface area contributed by atoms with E-state index in [1.165, 1.54) is 5.20 Å². The summed E-state index contributed by atoms with van der Waals surface area (Å²) in [6.07, 6.45) is 0. The SMILES string of the molecule is CC(=O)NNP1(F)=NP(F)(F)=NP(F)(F)=N1. The summed E-state index contributed by atoms with van der Waals surface area (Å²) in [4.78, 5) is 10.4. The van der Waals surface area contributed by atoms with Gasteiger partial charge in [0, 0.05) is 6.92 Å². The van der Waals surface area contributed by atoms with Gasteiger partial charge in [-0.05, 0) is 0 Å². The van der Waals surface area contributed by atoms with Gasteiger partial charge in [-0.1, -0.05) is 0 Å². The molecular weight excluding hydrogens is 298 g/mol. The minimum absolute atomic E-state index is 0.853. The van der Waals surface area contributed by atoms with Gasteiger partial charge in [0.05, 0.1) is 0 Å². The lowest BCUT2D eigenvalue weighted by Gasteiger charge is -2.17. The molecule has 0 fully saturated rings. The van der Waals surface area contributed by atoms with Gasteiger partial charge in [-0.2, -0.15) is 9.39 Å². The zero-order valence-electron chi connectivity index (χ0n) is 7.48. The summed E-state index contributed by atoms with van der Waals surface area (Å²) in [5, 5.41) is 1.36. The number of carbonyl (C=O) groups is 1. The maximum atomic E-state index is 13.4. The number of amides is 1. The number of hydrazine groups is 1. The maximum absolute atomic E-state index is 13.4. The lowest BCUT2D eigenvalue weighted by Crippen LogP contribution is -2.31. The first-order chi connectivity index (χ1) is 7.04. The number of hydrogen-bond donors (Lipinski definition) is 2. The lowest BCUT2D eigenvalue weighted by atomic mass is 10.8. The van der Waals surface area contributed by atoms with Crippen LogP contribution in [0.3, 0.4) is 0 Å². The predicted molar refractivity (Wildman–Crippen MR) is 50.5 cm³/mol. The van der Waals surface area contributed by atoms with E-state index < -0.39 is 29.2 Å². The van der Waals surface area contributed by atoms with Gasteiger partial charge in [0.1, 0.15) is 0 Å². The normalized spacial score (nSPS) is 30.6. The van der Waals surface area contributed by atoms with Crippen LogP contribution in [0.4, 0.5) is 21.0 Å². The number of carbonyl (C=O) groups excluding carboxylic acids is 1. The standard InChI is InChI=1S/C2H5F5N5OP3/c1-2(13)8-9-16(7)11-14(3,4)10-15(5,6)12-16/h9H,1H3,(H,8,13). The number of nitrogens with zero attached hydrogens (tertiary/aromatic N) is 3. The van der Waals surface area contributed by atoms with Gasteiger partial charge in [0.2, 0.25) is 5.91 Å². The second-order valence-electron chi connectivity index (χ2n) is 2.50. The van der Waals surface area contributed by atoms with E-state index in [0.717, 1.165) is 6.92 Å². The number of rotatable bonds is 2. The van der Waals surface area contributed by atoms with Crippen molar-refractivity contribution in [3.8, 4) is 0 Å². The fraction of sp³-hybridized carbons (Fsp3) is 0.500. The fourth-order valence-corrected chi connectivity index (χ4v) is 6.03. The molecule has 6 nitrogen and oxygen atoms in total. The van der Waals surface area contributed by atoms with Crippen molar-refractivity contribution >= 4 is 29.2 Å². The third-order valence-electron chi connectivity index (χ3n) is 1.04. The lowest BCUT2D eigenvalue weighted by molar-refractivity contribution is -0.119. The van der Waals surface area contributed by atoms with Crippen LogP contribution in [0.1, 0.15) is 6.92 Å². The average molecular weight is 303 g/mol. The first kappa shape index (κ1) is 13.8. The van der Waals surface area contributed by atoms with E-state index in [0.29, 0.717) is 0 Å².